The highest BCUT2D eigenvalue weighted by molar-refractivity contribution is 7.90. The van der Waals surface area contributed by atoms with Crippen molar-refractivity contribution in [3.05, 3.63) is 63.8 Å². The summed E-state index contributed by atoms with van der Waals surface area (Å²) in [5.74, 6) is -0.632. The average molecular weight is 462 g/mol. The van der Waals surface area contributed by atoms with Gasteiger partial charge < -0.3 is 9.84 Å². The second-order valence-electron chi connectivity index (χ2n) is 7.27. The van der Waals surface area contributed by atoms with E-state index in [0.717, 1.165) is 27.8 Å². The van der Waals surface area contributed by atoms with Crippen LogP contribution in [0.15, 0.2) is 41.3 Å². The van der Waals surface area contributed by atoms with Crippen LogP contribution >= 0.6 is 11.6 Å². The summed E-state index contributed by atoms with van der Waals surface area (Å²) in [6.45, 7) is 3.58. The Morgan fingerprint density at radius 3 is 2.29 bits per heavy atom. The summed E-state index contributed by atoms with van der Waals surface area (Å²) < 4.78 is 29.0. The van der Waals surface area contributed by atoms with E-state index >= 15 is 0 Å². The van der Waals surface area contributed by atoms with E-state index in [2.05, 4.69) is 0 Å². The van der Waals surface area contributed by atoms with Crippen molar-refractivity contribution in [3.63, 3.8) is 0 Å². The van der Waals surface area contributed by atoms with Crippen LogP contribution in [0.5, 0.6) is 5.75 Å². The number of sulfone groups is 1. The number of aliphatic carboxylic acids is 1. The third-order valence-corrected chi connectivity index (χ3v) is 6.56. The zero-order valence-electron chi connectivity index (χ0n) is 17.6. The summed E-state index contributed by atoms with van der Waals surface area (Å²) >= 11 is 6.43. The number of rotatable bonds is 8. The van der Waals surface area contributed by atoms with Crippen LogP contribution in [-0.4, -0.2) is 37.3 Å². The molecule has 0 radical (unpaired) electrons. The van der Waals surface area contributed by atoms with Crippen molar-refractivity contribution in [2.45, 2.75) is 38.0 Å². The first kappa shape index (κ1) is 23.0. The van der Waals surface area contributed by atoms with Crippen LogP contribution in [0.25, 0.3) is 10.9 Å². The molecule has 1 N–H and O–H groups in total. The van der Waals surface area contributed by atoms with Gasteiger partial charge in [-0.15, -0.1) is 0 Å². The Hall–Kier alpha value is -2.64. The van der Waals surface area contributed by atoms with Crippen LogP contribution in [-0.2, 0) is 33.9 Å². The molecular weight excluding hydrogens is 438 g/mol. The molecule has 0 aliphatic carbocycles. The van der Waals surface area contributed by atoms with Crippen molar-refractivity contribution in [2.75, 3.05) is 12.9 Å². The van der Waals surface area contributed by atoms with E-state index < -0.39 is 22.4 Å². The highest BCUT2D eigenvalue weighted by Crippen LogP contribution is 2.37. The number of ether oxygens (including phenoxy) is 1. The van der Waals surface area contributed by atoms with Crippen molar-refractivity contribution >= 4 is 38.3 Å². The lowest BCUT2D eigenvalue weighted by atomic mass is 9.92. The molecule has 164 valence electrons. The van der Waals surface area contributed by atoms with Gasteiger partial charge in [0.15, 0.2) is 16.4 Å². The van der Waals surface area contributed by atoms with Gasteiger partial charge in [-0.05, 0) is 60.2 Å². The first-order valence-corrected chi connectivity index (χ1v) is 12.2. The Labute approximate surface area is 186 Å². The quantitative estimate of drug-likeness (QED) is 0.532. The predicted octanol–water partition coefficient (Wildman–Crippen LogP) is 4.47. The number of aryl methyl sites for hydroxylation is 2. The summed E-state index contributed by atoms with van der Waals surface area (Å²) in [6.07, 6.45) is 3.11. The molecule has 6 nitrogen and oxygen atoms in total. The number of carboxylic acids is 1. The van der Waals surface area contributed by atoms with Gasteiger partial charge in [-0.2, -0.15) is 0 Å². The molecular formula is C23H24ClNO5S. The number of hydrogen-bond acceptors (Lipinski definition) is 5. The minimum atomic E-state index is -3.26. The molecule has 0 fully saturated rings. The number of aromatic nitrogens is 1. The van der Waals surface area contributed by atoms with E-state index in [9.17, 15) is 13.2 Å². The molecule has 0 aliphatic heterocycles. The summed E-state index contributed by atoms with van der Waals surface area (Å²) in [7, 11) is -3.26. The van der Waals surface area contributed by atoms with Gasteiger partial charge in [0.25, 0.3) is 0 Å². The van der Waals surface area contributed by atoms with Gasteiger partial charge in [-0.25, -0.2) is 13.2 Å². The maximum atomic E-state index is 11.8. The maximum Gasteiger partial charge on any atom is 0.341 e. The molecule has 1 heterocycles. The number of carbonyl (C=O) groups is 1. The Morgan fingerprint density at radius 1 is 1.06 bits per heavy atom. The van der Waals surface area contributed by atoms with Gasteiger partial charge in [0.1, 0.15) is 5.75 Å². The zero-order valence-corrected chi connectivity index (χ0v) is 19.2. The number of pyridine rings is 1. The molecule has 3 aromatic rings. The molecule has 2 aromatic carbocycles. The van der Waals surface area contributed by atoms with E-state index in [0.29, 0.717) is 35.6 Å². The number of fused-ring (bicyclic) bond motifs is 1. The number of nitrogens with zero attached hydrogens (tertiary/aromatic N) is 1. The Balaban J connectivity index is 2.17. The second-order valence-corrected chi connectivity index (χ2v) is 9.69. The summed E-state index contributed by atoms with van der Waals surface area (Å²) in [5.41, 5.74) is 4.46. The van der Waals surface area contributed by atoms with Crippen molar-refractivity contribution in [1.29, 1.82) is 0 Å². The topological polar surface area (TPSA) is 93.6 Å². The molecule has 31 heavy (non-hydrogen) atoms. The standard InChI is InChI=1S/C23H24ClNO5S/c1-4-16-17(12-14-6-8-15(9-7-14)31(3,28)29)19(5-2)25-23-18(24)10-11-20(22(16)23)30-13-21(26)27/h6-11H,4-5,12-13H2,1-3H3,(H,26,27). The highest BCUT2D eigenvalue weighted by Gasteiger charge is 2.19. The van der Waals surface area contributed by atoms with Gasteiger partial charge in [0, 0.05) is 17.3 Å². The van der Waals surface area contributed by atoms with Gasteiger partial charge in [-0.3, -0.25) is 4.98 Å². The SMILES string of the molecule is CCc1nc2c(Cl)ccc(OCC(=O)O)c2c(CC)c1Cc1ccc(S(C)(=O)=O)cc1. The predicted molar refractivity (Wildman–Crippen MR) is 121 cm³/mol. The minimum absolute atomic E-state index is 0.274. The lowest BCUT2D eigenvalue weighted by Crippen LogP contribution is -2.11. The van der Waals surface area contributed by atoms with Gasteiger partial charge in [0.05, 0.1) is 15.4 Å². The molecule has 0 unspecified atom stereocenters. The lowest BCUT2D eigenvalue weighted by molar-refractivity contribution is -0.139. The van der Waals surface area contributed by atoms with Crippen LogP contribution in [0.3, 0.4) is 0 Å². The molecule has 0 bridgehead atoms. The molecule has 0 saturated heterocycles. The highest BCUT2D eigenvalue weighted by atomic mass is 35.5. The summed E-state index contributed by atoms with van der Waals surface area (Å²) in [6, 6.07) is 10.2. The van der Waals surface area contributed by atoms with Crippen LogP contribution in [0, 0.1) is 0 Å². The van der Waals surface area contributed by atoms with Crippen LogP contribution in [0.4, 0.5) is 0 Å². The average Bonchev–Trinajstić information content (AvgIpc) is 2.72. The van der Waals surface area contributed by atoms with Crippen LogP contribution in [0.2, 0.25) is 5.02 Å². The molecule has 0 amide bonds. The smallest absolute Gasteiger partial charge is 0.341 e. The first-order valence-electron chi connectivity index (χ1n) is 9.92. The molecule has 8 heteroatoms. The van der Waals surface area contributed by atoms with E-state index in [1.165, 1.54) is 6.26 Å². The lowest BCUT2D eigenvalue weighted by Gasteiger charge is -2.19. The van der Waals surface area contributed by atoms with Crippen molar-refractivity contribution < 1.29 is 23.1 Å². The molecule has 0 saturated carbocycles. The second kappa shape index (κ2) is 9.24. The minimum Gasteiger partial charge on any atom is -0.481 e. The van der Waals surface area contributed by atoms with Crippen molar-refractivity contribution in [2.24, 2.45) is 0 Å². The van der Waals surface area contributed by atoms with Gasteiger partial charge >= 0.3 is 5.97 Å². The van der Waals surface area contributed by atoms with E-state index in [-0.39, 0.29) is 4.90 Å². The van der Waals surface area contributed by atoms with E-state index in [4.69, 9.17) is 26.4 Å². The van der Waals surface area contributed by atoms with Crippen LogP contribution < -0.4 is 4.74 Å². The first-order chi connectivity index (χ1) is 14.7. The largest absolute Gasteiger partial charge is 0.481 e. The van der Waals surface area contributed by atoms with Crippen molar-refractivity contribution in [1.82, 2.24) is 4.98 Å². The normalized spacial score (nSPS) is 11.6. The van der Waals surface area contributed by atoms with E-state index in [1.54, 1.807) is 36.4 Å². The summed E-state index contributed by atoms with van der Waals surface area (Å²) in [5, 5.41) is 10.2. The Bertz CT molecular complexity index is 1240. The molecule has 1 aromatic heterocycles. The number of benzene rings is 2. The van der Waals surface area contributed by atoms with Gasteiger partial charge in [-0.1, -0.05) is 37.6 Å². The monoisotopic (exact) mass is 461 g/mol. The number of halogens is 1. The van der Waals surface area contributed by atoms with E-state index in [1.807, 2.05) is 13.8 Å². The third-order valence-electron chi connectivity index (χ3n) is 5.12. The Kier molecular flexibility index (Phi) is 6.86. The Morgan fingerprint density at radius 2 is 1.74 bits per heavy atom. The molecule has 0 spiro atoms. The number of carboxylic acid groups (broad SMARTS) is 1. The number of hydrogen-bond donors (Lipinski definition) is 1. The third kappa shape index (κ3) is 4.99. The van der Waals surface area contributed by atoms with Crippen LogP contribution in [0.1, 0.15) is 36.2 Å². The zero-order chi connectivity index (χ0) is 22.8. The maximum absolute atomic E-state index is 11.8. The molecule has 0 atom stereocenters. The van der Waals surface area contributed by atoms with Crippen molar-refractivity contribution in [3.8, 4) is 5.75 Å². The molecule has 0 aliphatic rings. The van der Waals surface area contributed by atoms with Gasteiger partial charge in [0.2, 0.25) is 0 Å². The fourth-order valence-electron chi connectivity index (χ4n) is 3.69. The fourth-order valence-corrected chi connectivity index (χ4v) is 4.52. The summed E-state index contributed by atoms with van der Waals surface area (Å²) in [4.78, 5) is 16.1. The fraction of sp³-hybridized carbons (Fsp3) is 0.304. The molecule has 3 rings (SSSR count).